The second-order valence-electron chi connectivity index (χ2n) is 12.5. The van der Waals surface area contributed by atoms with Crippen molar-refractivity contribution >= 4 is 58.6 Å². The monoisotopic (exact) mass is 703 g/mol. The number of halogens is 2. The van der Waals surface area contributed by atoms with Crippen molar-refractivity contribution < 1.29 is 39.0 Å². The number of nitrogens with zero attached hydrogens (tertiary/aromatic N) is 2. The van der Waals surface area contributed by atoms with Crippen molar-refractivity contribution in [1.29, 1.82) is 0 Å². The summed E-state index contributed by atoms with van der Waals surface area (Å²) in [6.45, 7) is 0. The van der Waals surface area contributed by atoms with Crippen LogP contribution < -0.4 is 14.9 Å². The highest BCUT2D eigenvalue weighted by Gasteiger charge is 2.69. The minimum atomic E-state index is -1.52. The van der Waals surface area contributed by atoms with Crippen LogP contribution in [0.1, 0.15) is 24.0 Å². The number of ether oxygens (including phenoxy) is 2. The summed E-state index contributed by atoms with van der Waals surface area (Å²) >= 11 is 12.6. The highest BCUT2D eigenvalue weighted by atomic mass is 35.5. The van der Waals surface area contributed by atoms with Crippen molar-refractivity contribution in [1.82, 2.24) is 10.1 Å². The summed E-state index contributed by atoms with van der Waals surface area (Å²) in [5, 5.41) is 22.3. The molecule has 2 aliphatic heterocycles. The molecule has 2 saturated heterocycles. The van der Waals surface area contributed by atoms with E-state index in [1.165, 1.54) is 26.4 Å². The van der Waals surface area contributed by atoms with Crippen LogP contribution >= 0.6 is 23.2 Å². The second kappa shape index (κ2) is 12.2. The van der Waals surface area contributed by atoms with Crippen LogP contribution in [-0.2, 0) is 24.6 Å². The third-order valence-corrected chi connectivity index (χ3v) is 10.9. The van der Waals surface area contributed by atoms with Gasteiger partial charge >= 0.3 is 0 Å². The van der Waals surface area contributed by atoms with Gasteiger partial charge in [-0.15, -0.1) is 0 Å². The Morgan fingerprint density at radius 3 is 2.37 bits per heavy atom. The molecule has 0 unspecified atom stereocenters. The van der Waals surface area contributed by atoms with Crippen molar-refractivity contribution in [2.75, 3.05) is 19.6 Å². The largest absolute Gasteiger partial charge is 0.504 e. The van der Waals surface area contributed by atoms with Crippen LogP contribution in [0, 0.1) is 29.6 Å². The highest BCUT2D eigenvalue weighted by Crippen LogP contribution is 2.61. The van der Waals surface area contributed by atoms with E-state index in [4.69, 9.17) is 32.7 Å². The predicted octanol–water partition coefficient (Wildman–Crippen LogP) is 5.64. The van der Waals surface area contributed by atoms with Crippen LogP contribution in [0.15, 0.2) is 78.4 Å². The zero-order chi connectivity index (χ0) is 34.8. The molecular weight excluding hydrogens is 673 g/mol. The van der Waals surface area contributed by atoms with Crippen LogP contribution in [0.25, 0.3) is 6.08 Å². The van der Waals surface area contributed by atoms with E-state index in [0.717, 1.165) is 5.01 Å². The van der Waals surface area contributed by atoms with E-state index >= 15 is 4.79 Å². The average molecular weight is 705 g/mol. The molecule has 1 saturated carbocycles. The molecule has 6 atom stereocenters. The molecule has 13 heteroatoms. The number of allylic oxidation sites excluding steroid dienone is 3. The lowest BCUT2D eigenvalue weighted by atomic mass is 9.50. The number of hydrogen-bond acceptors (Lipinski definition) is 9. The zero-order valence-electron chi connectivity index (χ0n) is 26.3. The van der Waals surface area contributed by atoms with Gasteiger partial charge in [-0.1, -0.05) is 65.2 Å². The first kappa shape index (κ1) is 32.7. The van der Waals surface area contributed by atoms with E-state index in [-0.39, 0.29) is 40.1 Å². The Morgan fingerprint density at radius 1 is 0.918 bits per heavy atom. The van der Waals surface area contributed by atoms with Crippen molar-refractivity contribution in [2.45, 2.75) is 18.3 Å². The van der Waals surface area contributed by atoms with Crippen molar-refractivity contribution in [3.8, 4) is 17.2 Å². The molecule has 2 heterocycles. The number of imide groups is 2. The number of carbonyl (C=O) groups excluding carboxylic acids is 4. The summed E-state index contributed by atoms with van der Waals surface area (Å²) in [6, 6.07) is 16.4. The minimum Gasteiger partial charge on any atom is -0.504 e. The Hall–Kier alpha value is -4.84. The fourth-order valence-corrected chi connectivity index (χ4v) is 8.53. The summed E-state index contributed by atoms with van der Waals surface area (Å²) in [7, 11) is 2.96. The Kier molecular flexibility index (Phi) is 8.17. The number of hydroxylamine groups is 2. The quantitative estimate of drug-likeness (QED) is 0.162. The molecule has 3 aromatic rings. The number of phenolic OH excluding ortho intramolecular Hbond substituents is 1. The molecule has 4 aliphatic rings. The number of amides is 4. The SMILES string of the molecule is COc1ccc([C@@]23C(=O)N(Nc4ccc(Cl)cc4Cl)C(=O)[C@@H]2C[C@@H]2C(=CC[C@@H]4C(=O)N(O)C(=O)[C@@H]42)[C@@H]3C=Cc2ccc(O)c(OC)c2)cc1. The Labute approximate surface area is 291 Å². The molecule has 3 fully saturated rings. The van der Waals surface area contributed by atoms with Gasteiger partial charge in [0.15, 0.2) is 11.5 Å². The molecule has 3 aromatic carbocycles. The van der Waals surface area contributed by atoms with E-state index in [0.29, 0.717) is 27.5 Å². The molecule has 3 N–H and O–H groups in total. The molecule has 4 amide bonds. The fraction of sp³-hybridized carbons (Fsp3) is 0.278. The first-order chi connectivity index (χ1) is 23.5. The van der Waals surface area contributed by atoms with Gasteiger partial charge in [-0.2, -0.15) is 10.1 Å². The number of hydrazine groups is 1. The summed E-state index contributed by atoms with van der Waals surface area (Å²) in [5.41, 5.74) is 3.59. The summed E-state index contributed by atoms with van der Waals surface area (Å²) in [6.07, 6.45) is 5.69. The second-order valence-corrected chi connectivity index (χ2v) is 13.4. The zero-order valence-corrected chi connectivity index (χ0v) is 27.8. The molecule has 11 nitrogen and oxygen atoms in total. The summed E-state index contributed by atoms with van der Waals surface area (Å²) < 4.78 is 10.7. The number of hydrogen-bond donors (Lipinski definition) is 3. The molecule has 0 spiro atoms. The van der Waals surface area contributed by atoms with Crippen molar-refractivity contribution in [3.05, 3.63) is 99.6 Å². The third-order valence-electron chi connectivity index (χ3n) is 10.3. The Balaban J connectivity index is 1.44. The number of fused-ring (bicyclic) bond motifs is 4. The molecule has 252 valence electrons. The van der Waals surface area contributed by atoms with Gasteiger partial charge in [0.1, 0.15) is 5.75 Å². The van der Waals surface area contributed by atoms with Gasteiger partial charge < -0.3 is 14.6 Å². The van der Waals surface area contributed by atoms with Crippen LogP contribution in [0.4, 0.5) is 5.69 Å². The van der Waals surface area contributed by atoms with Gasteiger partial charge in [-0.3, -0.25) is 29.8 Å². The molecule has 0 bridgehead atoms. The van der Waals surface area contributed by atoms with Gasteiger partial charge in [0.25, 0.3) is 23.6 Å². The van der Waals surface area contributed by atoms with Gasteiger partial charge in [0, 0.05) is 10.9 Å². The van der Waals surface area contributed by atoms with Crippen LogP contribution in [0.2, 0.25) is 10.0 Å². The van der Waals surface area contributed by atoms with Gasteiger partial charge in [-0.05, 0) is 72.4 Å². The lowest BCUT2D eigenvalue weighted by molar-refractivity contribution is -0.173. The van der Waals surface area contributed by atoms with E-state index < -0.39 is 58.6 Å². The first-order valence-corrected chi connectivity index (χ1v) is 16.3. The fourth-order valence-electron chi connectivity index (χ4n) is 8.08. The molecule has 2 aliphatic carbocycles. The van der Waals surface area contributed by atoms with Gasteiger partial charge in [-0.25, -0.2) is 0 Å². The van der Waals surface area contributed by atoms with E-state index in [9.17, 15) is 24.7 Å². The lowest BCUT2D eigenvalue weighted by Crippen LogP contribution is -2.54. The normalized spacial score (nSPS) is 27.6. The van der Waals surface area contributed by atoms with Gasteiger partial charge in [0.2, 0.25) is 0 Å². The maximum atomic E-state index is 15.1. The van der Waals surface area contributed by atoms with E-state index in [1.807, 2.05) is 12.2 Å². The average Bonchev–Trinajstić information content (AvgIpc) is 3.45. The Morgan fingerprint density at radius 2 is 1.67 bits per heavy atom. The smallest absolute Gasteiger partial charge is 0.260 e. The molecule has 49 heavy (non-hydrogen) atoms. The molecule has 0 aromatic heterocycles. The Bertz CT molecular complexity index is 1960. The topological polar surface area (TPSA) is 146 Å². The number of nitrogens with one attached hydrogen (secondary N) is 1. The highest BCUT2D eigenvalue weighted by molar-refractivity contribution is 6.36. The van der Waals surface area contributed by atoms with Crippen LogP contribution in [0.3, 0.4) is 0 Å². The van der Waals surface area contributed by atoms with Crippen molar-refractivity contribution in [2.24, 2.45) is 29.6 Å². The number of methoxy groups -OCH3 is 2. The number of rotatable bonds is 7. The molecule has 7 rings (SSSR count). The van der Waals surface area contributed by atoms with E-state index in [1.54, 1.807) is 54.6 Å². The van der Waals surface area contributed by atoms with E-state index in [2.05, 4.69) is 5.43 Å². The predicted molar refractivity (Wildman–Crippen MR) is 179 cm³/mol. The van der Waals surface area contributed by atoms with Crippen LogP contribution in [0.5, 0.6) is 17.2 Å². The first-order valence-electron chi connectivity index (χ1n) is 15.6. The summed E-state index contributed by atoms with van der Waals surface area (Å²) in [4.78, 5) is 56.0. The van der Waals surface area contributed by atoms with Crippen LogP contribution in [-0.4, -0.2) is 58.2 Å². The molecular formula is C36H31Cl2N3O8. The molecule has 0 radical (unpaired) electrons. The number of anilines is 1. The van der Waals surface area contributed by atoms with Gasteiger partial charge in [0.05, 0.1) is 48.1 Å². The summed E-state index contributed by atoms with van der Waals surface area (Å²) in [5.74, 6) is -5.91. The minimum absolute atomic E-state index is 0.0507. The number of carbonyl (C=O) groups is 4. The number of aromatic hydroxyl groups is 1. The number of benzene rings is 3. The number of phenols is 1. The van der Waals surface area contributed by atoms with Crippen molar-refractivity contribution in [3.63, 3.8) is 0 Å². The standard InChI is InChI=1S/C36H31Cl2N3O8/c1-48-21-8-5-19(6-9-21)36-25(12-3-18-4-14-29(42)30(15-18)49-2)22-10-11-23-31(34(45)41(47)32(23)43)24(22)17-26(36)33(44)40(35(36)46)39-28-13-7-20(37)16-27(28)38/h3-10,12-16,23-26,31,39,42,47H,11,17H2,1-2H3/t23-,24+,25-,26-,31-,36-/m0/s1. The third kappa shape index (κ3) is 4.98. The maximum absolute atomic E-state index is 15.1. The maximum Gasteiger partial charge on any atom is 0.260 e. The lowest BCUT2D eigenvalue weighted by Gasteiger charge is -2.49.